The molecule has 1 rings (SSSR count). The average molecular weight is 268 g/mol. The van der Waals surface area contributed by atoms with Crippen LogP contribution in [0.4, 0.5) is 0 Å². The summed E-state index contributed by atoms with van der Waals surface area (Å²) in [5.74, 6) is 0. The quantitative estimate of drug-likeness (QED) is 0.833. The molecular formula is C9H14ClNO2S2. The number of sulfonamides is 1. The summed E-state index contributed by atoms with van der Waals surface area (Å²) in [5, 5.41) is 1.70. The van der Waals surface area contributed by atoms with E-state index in [1.807, 2.05) is 13.8 Å². The molecule has 15 heavy (non-hydrogen) atoms. The summed E-state index contributed by atoms with van der Waals surface area (Å²) in [6.07, 6.45) is 0.617. The fourth-order valence-corrected chi connectivity index (χ4v) is 3.81. The zero-order valence-corrected chi connectivity index (χ0v) is 11.0. The Balaban J connectivity index is 2.66. The minimum Gasteiger partial charge on any atom is -0.208 e. The van der Waals surface area contributed by atoms with Crippen LogP contribution in [-0.4, -0.2) is 19.8 Å². The van der Waals surface area contributed by atoms with Gasteiger partial charge in [-0.05, 0) is 31.7 Å². The fourth-order valence-electron chi connectivity index (χ4n) is 1.27. The van der Waals surface area contributed by atoms with E-state index >= 15 is 0 Å². The van der Waals surface area contributed by atoms with E-state index in [1.165, 1.54) is 11.3 Å². The molecule has 0 spiro atoms. The van der Waals surface area contributed by atoms with Crippen molar-refractivity contribution >= 4 is 33.0 Å². The van der Waals surface area contributed by atoms with Crippen LogP contribution in [0.1, 0.15) is 20.3 Å². The molecule has 0 radical (unpaired) electrons. The van der Waals surface area contributed by atoms with Gasteiger partial charge in [0.15, 0.2) is 0 Å². The highest BCUT2D eigenvalue weighted by Crippen LogP contribution is 2.16. The standard InChI is InChI=1S/C9H14ClNO2S2/c1-7(10)6-8(2)11-15(12,13)9-4-3-5-14-9/h3-5,7-8,11H,6H2,1-2H3. The Morgan fingerprint density at radius 2 is 2.20 bits per heavy atom. The van der Waals surface area contributed by atoms with E-state index < -0.39 is 10.0 Å². The molecule has 1 aromatic rings. The predicted molar refractivity (Wildman–Crippen MR) is 64.0 cm³/mol. The summed E-state index contributed by atoms with van der Waals surface area (Å²) in [6.45, 7) is 3.65. The van der Waals surface area contributed by atoms with Crippen molar-refractivity contribution < 1.29 is 8.42 Å². The third kappa shape index (κ3) is 4.10. The molecule has 6 heteroatoms. The van der Waals surface area contributed by atoms with Gasteiger partial charge in [-0.15, -0.1) is 22.9 Å². The smallest absolute Gasteiger partial charge is 0.208 e. The SMILES string of the molecule is CC(Cl)CC(C)NS(=O)(=O)c1cccs1. The van der Waals surface area contributed by atoms with Gasteiger partial charge in [-0.1, -0.05) is 6.07 Å². The van der Waals surface area contributed by atoms with Crippen molar-refractivity contribution in [3.63, 3.8) is 0 Å². The molecule has 1 N–H and O–H groups in total. The third-order valence-electron chi connectivity index (χ3n) is 1.79. The van der Waals surface area contributed by atoms with Crippen molar-refractivity contribution in [1.29, 1.82) is 0 Å². The van der Waals surface area contributed by atoms with Gasteiger partial charge in [0.1, 0.15) is 4.21 Å². The fraction of sp³-hybridized carbons (Fsp3) is 0.556. The van der Waals surface area contributed by atoms with Gasteiger partial charge in [-0.25, -0.2) is 13.1 Å². The number of thiophene rings is 1. The highest BCUT2D eigenvalue weighted by molar-refractivity contribution is 7.91. The van der Waals surface area contributed by atoms with Crippen LogP contribution < -0.4 is 4.72 Å². The van der Waals surface area contributed by atoms with Gasteiger partial charge in [-0.3, -0.25) is 0 Å². The molecule has 0 saturated carbocycles. The van der Waals surface area contributed by atoms with Gasteiger partial charge >= 0.3 is 0 Å². The molecule has 0 amide bonds. The molecule has 0 aliphatic rings. The predicted octanol–water partition coefficient (Wildman–Crippen LogP) is 2.43. The Hall–Kier alpha value is -0.100. The summed E-state index contributed by atoms with van der Waals surface area (Å²) in [5.41, 5.74) is 0. The molecule has 1 heterocycles. The second-order valence-electron chi connectivity index (χ2n) is 3.47. The van der Waals surface area contributed by atoms with E-state index in [9.17, 15) is 8.42 Å². The molecule has 0 bridgehead atoms. The Kier molecular flexibility index (Phi) is 4.58. The molecular weight excluding hydrogens is 254 g/mol. The lowest BCUT2D eigenvalue weighted by Crippen LogP contribution is -2.33. The largest absolute Gasteiger partial charge is 0.250 e. The summed E-state index contributed by atoms with van der Waals surface area (Å²) in [4.78, 5) is 0. The van der Waals surface area contributed by atoms with E-state index in [1.54, 1.807) is 17.5 Å². The van der Waals surface area contributed by atoms with Crippen LogP contribution >= 0.6 is 22.9 Å². The number of halogens is 1. The monoisotopic (exact) mass is 267 g/mol. The average Bonchev–Trinajstić information content (AvgIpc) is 2.51. The lowest BCUT2D eigenvalue weighted by molar-refractivity contribution is 0.547. The first kappa shape index (κ1) is 13.0. The van der Waals surface area contributed by atoms with Crippen molar-refractivity contribution in [1.82, 2.24) is 4.72 Å². The van der Waals surface area contributed by atoms with E-state index in [0.29, 0.717) is 10.6 Å². The molecule has 0 aromatic carbocycles. The van der Waals surface area contributed by atoms with Gasteiger partial charge in [0.05, 0.1) is 0 Å². The summed E-state index contributed by atoms with van der Waals surface area (Å²) in [7, 11) is -3.35. The van der Waals surface area contributed by atoms with Crippen molar-refractivity contribution in [2.75, 3.05) is 0 Å². The number of rotatable bonds is 5. The Labute approximate surface area is 99.5 Å². The van der Waals surface area contributed by atoms with Crippen molar-refractivity contribution in [2.24, 2.45) is 0 Å². The van der Waals surface area contributed by atoms with Crippen LogP contribution in [0.5, 0.6) is 0 Å². The lowest BCUT2D eigenvalue weighted by Gasteiger charge is -2.14. The molecule has 3 nitrogen and oxygen atoms in total. The van der Waals surface area contributed by atoms with Gasteiger partial charge in [0.25, 0.3) is 0 Å². The van der Waals surface area contributed by atoms with E-state index in [-0.39, 0.29) is 11.4 Å². The number of hydrogen-bond donors (Lipinski definition) is 1. The zero-order valence-electron chi connectivity index (χ0n) is 8.60. The van der Waals surface area contributed by atoms with Gasteiger partial charge in [0, 0.05) is 11.4 Å². The normalized spacial score (nSPS) is 16.2. The summed E-state index contributed by atoms with van der Waals surface area (Å²) < 4.78 is 26.4. The second kappa shape index (κ2) is 5.30. The molecule has 0 aliphatic heterocycles. The molecule has 0 saturated heterocycles. The van der Waals surface area contributed by atoms with E-state index in [4.69, 9.17) is 11.6 Å². The van der Waals surface area contributed by atoms with Gasteiger partial charge in [-0.2, -0.15) is 0 Å². The van der Waals surface area contributed by atoms with Crippen LogP contribution in [0, 0.1) is 0 Å². The number of hydrogen-bond acceptors (Lipinski definition) is 3. The van der Waals surface area contributed by atoms with Crippen molar-refractivity contribution in [3.8, 4) is 0 Å². The van der Waals surface area contributed by atoms with Gasteiger partial charge < -0.3 is 0 Å². The first-order chi connectivity index (χ1) is 6.92. The minimum absolute atomic E-state index is 0.0361. The van der Waals surface area contributed by atoms with E-state index in [2.05, 4.69) is 4.72 Å². The number of nitrogens with one attached hydrogen (secondary N) is 1. The maximum absolute atomic E-state index is 11.7. The molecule has 0 aliphatic carbocycles. The maximum atomic E-state index is 11.7. The Bertz CT molecular complexity index is 386. The minimum atomic E-state index is -3.35. The highest BCUT2D eigenvalue weighted by Gasteiger charge is 2.18. The highest BCUT2D eigenvalue weighted by atomic mass is 35.5. The lowest BCUT2D eigenvalue weighted by atomic mass is 10.2. The molecule has 0 fully saturated rings. The number of alkyl halides is 1. The van der Waals surface area contributed by atoms with Crippen LogP contribution in [0.3, 0.4) is 0 Å². The van der Waals surface area contributed by atoms with Gasteiger partial charge in [0.2, 0.25) is 10.0 Å². The molecule has 1 aromatic heterocycles. The molecule has 86 valence electrons. The first-order valence-electron chi connectivity index (χ1n) is 4.61. The molecule has 2 unspecified atom stereocenters. The van der Waals surface area contributed by atoms with Crippen molar-refractivity contribution in [3.05, 3.63) is 17.5 Å². The maximum Gasteiger partial charge on any atom is 0.250 e. The van der Waals surface area contributed by atoms with E-state index in [0.717, 1.165) is 0 Å². The van der Waals surface area contributed by atoms with Crippen molar-refractivity contribution in [2.45, 2.75) is 35.9 Å². The van der Waals surface area contributed by atoms with Crippen LogP contribution in [-0.2, 0) is 10.0 Å². The zero-order chi connectivity index (χ0) is 11.5. The topological polar surface area (TPSA) is 46.2 Å². The van der Waals surface area contributed by atoms with Crippen LogP contribution in [0.25, 0.3) is 0 Å². The van der Waals surface area contributed by atoms with Crippen LogP contribution in [0.15, 0.2) is 21.7 Å². The first-order valence-corrected chi connectivity index (χ1v) is 7.41. The second-order valence-corrected chi connectivity index (χ2v) is 7.10. The third-order valence-corrected chi connectivity index (χ3v) is 4.96. The summed E-state index contributed by atoms with van der Waals surface area (Å²) in [6, 6.07) is 3.15. The summed E-state index contributed by atoms with van der Waals surface area (Å²) >= 11 is 7.00. The molecule has 2 atom stereocenters. The Morgan fingerprint density at radius 3 is 2.67 bits per heavy atom. The Morgan fingerprint density at radius 1 is 1.53 bits per heavy atom. The van der Waals surface area contributed by atoms with Crippen LogP contribution in [0.2, 0.25) is 0 Å².